The Morgan fingerprint density at radius 2 is 2.03 bits per heavy atom. The quantitative estimate of drug-likeness (QED) is 0.401. The number of hydrogen-bond acceptors (Lipinski definition) is 9. The number of aromatic nitrogens is 7. The Morgan fingerprint density at radius 1 is 1.15 bits per heavy atom. The van der Waals surface area contributed by atoms with E-state index < -0.39 is 0 Å². The molecule has 0 radical (unpaired) electrons. The van der Waals surface area contributed by atoms with Crippen molar-refractivity contribution >= 4 is 17.0 Å². The monoisotopic (exact) mass is 458 g/mol. The number of rotatable bonds is 9. The summed E-state index contributed by atoms with van der Waals surface area (Å²) < 4.78 is 13.8. The zero-order chi connectivity index (χ0) is 23.1. The fraction of sp³-hybridized carbons (Fsp3) is 0.417. The molecule has 10 nitrogen and oxygen atoms in total. The second kappa shape index (κ2) is 8.19. The van der Waals surface area contributed by atoms with E-state index in [1.54, 1.807) is 17.2 Å². The first-order valence-electron chi connectivity index (χ1n) is 11.6. The Kier molecular flexibility index (Phi) is 5.00. The number of fused-ring (bicyclic) bond motifs is 1. The van der Waals surface area contributed by atoms with Gasteiger partial charge in [0.1, 0.15) is 24.4 Å². The molecule has 10 heteroatoms. The van der Waals surface area contributed by atoms with Crippen molar-refractivity contribution in [3.8, 4) is 23.0 Å². The first kappa shape index (κ1) is 20.8. The zero-order valence-electron chi connectivity index (χ0n) is 19.2. The van der Waals surface area contributed by atoms with Crippen molar-refractivity contribution in [2.24, 2.45) is 0 Å². The molecule has 0 aromatic carbocycles. The number of nitrogens with one attached hydrogen (secondary N) is 1. The van der Waals surface area contributed by atoms with Crippen LogP contribution in [0.15, 0.2) is 43.1 Å². The fourth-order valence-electron chi connectivity index (χ4n) is 3.63. The van der Waals surface area contributed by atoms with Crippen LogP contribution in [-0.4, -0.2) is 52.4 Å². The van der Waals surface area contributed by atoms with Gasteiger partial charge >= 0.3 is 0 Å². The van der Waals surface area contributed by atoms with Gasteiger partial charge in [0.05, 0.1) is 17.8 Å². The summed E-state index contributed by atoms with van der Waals surface area (Å²) in [6.45, 7) is 4.77. The van der Waals surface area contributed by atoms with E-state index in [0.717, 1.165) is 42.5 Å². The molecule has 4 aromatic rings. The molecule has 2 fully saturated rings. The molecule has 0 aliphatic heterocycles. The summed E-state index contributed by atoms with van der Waals surface area (Å²) >= 11 is 0. The first-order chi connectivity index (χ1) is 16.5. The average Bonchev–Trinajstić information content (AvgIpc) is 3.73. The fourth-order valence-corrected chi connectivity index (χ4v) is 3.63. The standard InChI is InChI=1S/C24H26N8O2/c1-15(12-32-14-25-13-27-32)28-23-30-19-7-6-18(16-3-8-20(26-11-16)33-17-4-5-17)29-21(19)22(31-23)34-24(2)9-10-24/h3,6-8,11,13-15,17H,4-5,9-10,12H2,1-2H3,(H,28,30,31). The summed E-state index contributed by atoms with van der Waals surface area (Å²) in [5, 5.41) is 7.51. The molecule has 174 valence electrons. The van der Waals surface area contributed by atoms with Crippen LogP contribution in [0.1, 0.15) is 39.5 Å². The molecule has 0 bridgehead atoms. The minimum absolute atomic E-state index is 0.0400. The second-order valence-electron chi connectivity index (χ2n) is 9.33. The Labute approximate surface area is 196 Å². The third-order valence-electron chi connectivity index (χ3n) is 5.95. The number of ether oxygens (including phenoxy) is 2. The van der Waals surface area contributed by atoms with Crippen LogP contribution in [0.2, 0.25) is 0 Å². The molecule has 1 N–H and O–H groups in total. The third-order valence-corrected chi connectivity index (χ3v) is 5.95. The van der Waals surface area contributed by atoms with Gasteiger partial charge in [-0.3, -0.25) is 4.68 Å². The summed E-state index contributed by atoms with van der Waals surface area (Å²) in [5.41, 5.74) is 2.84. The molecular formula is C24H26N8O2. The van der Waals surface area contributed by atoms with Crippen LogP contribution in [0.5, 0.6) is 11.8 Å². The van der Waals surface area contributed by atoms with Gasteiger partial charge in [-0.2, -0.15) is 10.1 Å². The maximum atomic E-state index is 6.30. The summed E-state index contributed by atoms with van der Waals surface area (Å²) in [7, 11) is 0. The molecule has 1 unspecified atom stereocenters. The van der Waals surface area contributed by atoms with E-state index in [-0.39, 0.29) is 11.6 Å². The van der Waals surface area contributed by atoms with Crippen molar-refractivity contribution in [2.75, 3.05) is 5.32 Å². The van der Waals surface area contributed by atoms with Gasteiger partial charge in [0.25, 0.3) is 0 Å². The van der Waals surface area contributed by atoms with Crippen molar-refractivity contribution in [3.05, 3.63) is 43.1 Å². The first-order valence-corrected chi connectivity index (χ1v) is 11.6. The van der Waals surface area contributed by atoms with Gasteiger partial charge in [-0.1, -0.05) is 0 Å². The number of anilines is 1. The van der Waals surface area contributed by atoms with Crippen LogP contribution in [0, 0.1) is 0 Å². The van der Waals surface area contributed by atoms with Gasteiger partial charge in [-0.05, 0) is 57.7 Å². The molecule has 2 aliphatic rings. The third kappa shape index (κ3) is 4.61. The van der Waals surface area contributed by atoms with Gasteiger partial charge in [0.15, 0.2) is 5.52 Å². The highest BCUT2D eigenvalue weighted by atomic mass is 16.5. The SMILES string of the molecule is CC(Cn1cncn1)Nc1nc(OC2(C)CC2)c2nc(-c3ccc(OC4CC4)nc3)ccc2n1. The van der Waals surface area contributed by atoms with Crippen molar-refractivity contribution in [1.82, 2.24) is 34.7 Å². The highest BCUT2D eigenvalue weighted by Crippen LogP contribution is 2.41. The molecular weight excluding hydrogens is 432 g/mol. The maximum absolute atomic E-state index is 6.30. The van der Waals surface area contributed by atoms with E-state index in [0.29, 0.717) is 35.9 Å². The van der Waals surface area contributed by atoms with Crippen molar-refractivity contribution in [2.45, 2.75) is 63.8 Å². The average molecular weight is 459 g/mol. The van der Waals surface area contributed by atoms with E-state index in [1.807, 2.05) is 31.2 Å². The summed E-state index contributed by atoms with van der Waals surface area (Å²) in [6, 6.07) is 7.80. The van der Waals surface area contributed by atoms with Gasteiger partial charge in [0.2, 0.25) is 17.7 Å². The van der Waals surface area contributed by atoms with Crippen LogP contribution in [-0.2, 0) is 6.54 Å². The maximum Gasteiger partial charge on any atom is 0.246 e. The molecule has 4 heterocycles. The topological polar surface area (TPSA) is 113 Å². The van der Waals surface area contributed by atoms with E-state index in [9.17, 15) is 0 Å². The Morgan fingerprint density at radius 3 is 2.74 bits per heavy atom. The Balaban J connectivity index is 1.30. The van der Waals surface area contributed by atoms with Crippen LogP contribution in [0.25, 0.3) is 22.3 Å². The van der Waals surface area contributed by atoms with Crippen LogP contribution in [0.3, 0.4) is 0 Å². The van der Waals surface area contributed by atoms with E-state index >= 15 is 0 Å². The van der Waals surface area contributed by atoms with Crippen molar-refractivity contribution in [3.63, 3.8) is 0 Å². The predicted octanol–water partition coefficient (Wildman–Crippen LogP) is 3.65. The molecule has 2 saturated carbocycles. The number of nitrogens with zero attached hydrogens (tertiary/aromatic N) is 7. The molecule has 1 atom stereocenters. The van der Waals surface area contributed by atoms with Gasteiger partial charge < -0.3 is 14.8 Å². The lowest BCUT2D eigenvalue weighted by Gasteiger charge is -2.17. The summed E-state index contributed by atoms with van der Waals surface area (Å²) in [6.07, 6.45) is 9.52. The Bertz CT molecular complexity index is 1300. The minimum Gasteiger partial charge on any atom is -0.474 e. The predicted molar refractivity (Wildman–Crippen MR) is 126 cm³/mol. The lowest BCUT2D eigenvalue weighted by atomic mass is 10.2. The van der Waals surface area contributed by atoms with E-state index in [2.05, 4.69) is 27.3 Å². The van der Waals surface area contributed by atoms with Crippen molar-refractivity contribution in [1.29, 1.82) is 0 Å². The second-order valence-corrected chi connectivity index (χ2v) is 9.33. The highest BCUT2D eigenvalue weighted by Gasteiger charge is 2.41. The van der Waals surface area contributed by atoms with E-state index in [4.69, 9.17) is 24.4 Å². The lowest BCUT2D eigenvalue weighted by Crippen LogP contribution is -2.24. The lowest BCUT2D eigenvalue weighted by molar-refractivity contribution is 0.194. The van der Waals surface area contributed by atoms with Crippen molar-refractivity contribution < 1.29 is 9.47 Å². The molecule has 0 amide bonds. The molecule has 0 spiro atoms. The largest absolute Gasteiger partial charge is 0.474 e. The summed E-state index contributed by atoms with van der Waals surface area (Å²) in [4.78, 5) is 22.7. The van der Waals surface area contributed by atoms with Crippen LogP contribution < -0.4 is 14.8 Å². The highest BCUT2D eigenvalue weighted by molar-refractivity contribution is 5.83. The molecule has 2 aliphatic carbocycles. The number of pyridine rings is 2. The number of hydrogen-bond donors (Lipinski definition) is 1. The normalized spacial score (nSPS) is 17.4. The molecule has 34 heavy (non-hydrogen) atoms. The molecule has 4 aromatic heterocycles. The summed E-state index contributed by atoms with van der Waals surface area (Å²) in [5.74, 6) is 1.64. The smallest absolute Gasteiger partial charge is 0.246 e. The van der Waals surface area contributed by atoms with Gasteiger partial charge in [-0.25, -0.2) is 19.9 Å². The van der Waals surface area contributed by atoms with Crippen LogP contribution >= 0.6 is 0 Å². The Hall–Kier alpha value is -3.82. The van der Waals surface area contributed by atoms with Gasteiger partial charge in [-0.15, -0.1) is 0 Å². The zero-order valence-corrected chi connectivity index (χ0v) is 19.2. The van der Waals surface area contributed by atoms with Crippen LogP contribution in [0.4, 0.5) is 5.95 Å². The van der Waals surface area contributed by atoms with E-state index in [1.165, 1.54) is 6.33 Å². The molecule has 0 saturated heterocycles. The minimum atomic E-state index is -0.202. The van der Waals surface area contributed by atoms with Gasteiger partial charge in [0, 0.05) is 23.9 Å². The molecule has 6 rings (SSSR count).